The molecule has 3 nitrogen and oxygen atoms in total. The molecule has 72 valence electrons. The average molecular weight is 181 g/mol. The summed E-state index contributed by atoms with van der Waals surface area (Å²) in [6, 6.07) is 3.34. The predicted octanol–water partition coefficient (Wildman–Crippen LogP) is 2.28. The summed E-state index contributed by atoms with van der Waals surface area (Å²) in [7, 11) is 1.34. The van der Waals surface area contributed by atoms with Crippen LogP contribution in [0.15, 0.2) is 24.5 Å². The molecule has 1 aromatic heterocycles. The summed E-state index contributed by atoms with van der Waals surface area (Å²) in [5.41, 5.74) is 0.477. The lowest BCUT2D eigenvalue weighted by Gasteiger charge is -1.94. The van der Waals surface area contributed by atoms with E-state index in [2.05, 4.69) is 23.6 Å². The third kappa shape index (κ3) is 4.95. The van der Waals surface area contributed by atoms with Crippen LogP contribution >= 0.6 is 0 Å². The summed E-state index contributed by atoms with van der Waals surface area (Å²) in [4.78, 5) is 14.5. The first-order valence-electron chi connectivity index (χ1n) is 4.24. The second-order valence-corrected chi connectivity index (χ2v) is 2.44. The molecule has 0 saturated carbocycles. The van der Waals surface area contributed by atoms with Gasteiger partial charge in [0.05, 0.1) is 12.7 Å². The van der Waals surface area contributed by atoms with Crippen molar-refractivity contribution in [3.05, 3.63) is 30.1 Å². The number of pyridine rings is 1. The molecule has 0 aliphatic carbocycles. The smallest absolute Gasteiger partial charge is 0.339 e. The number of nitrogens with zero attached hydrogens (tertiary/aromatic N) is 1. The van der Waals surface area contributed by atoms with Crippen molar-refractivity contribution in [1.82, 2.24) is 4.98 Å². The van der Waals surface area contributed by atoms with E-state index < -0.39 is 0 Å². The van der Waals surface area contributed by atoms with Crippen molar-refractivity contribution < 1.29 is 9.53 Å². The normalized spacial score (nSPS) is 8.23. The minimum absolute atomic E-state index is 0.354. The fourth-order valence-corrected chi connectivity index (χ4v) is 0.601. The van der Waals surface area contributed by atoms with Crippen LogP contribution in [0.2, 0.25) is 0 Å². The van der Waals surface area contributed by atoms with Gasteiger partial charge in [-0.25, -0.2) is 4.79 Å². The maximum atomic E-state index is 10.8. The van der Waals surface area contributed by atoms with Crippen molar-refractivity contribution in [3.8, 4) is 0 Å². The Balaban J connectivity index is 0.000000424. The third-order valence-electron chi connectivity index (χ3n) is 1.08. The Hall–Kier alpha value is -1.38. The highest BCUT2D eigenvalue weighted by Gasteiger charge is 2.01. The lowest BCUT2D eigenvalue weighted by Crippen LogP contribution is -2.00. The van der Waals surface area contributed by atoms with E-state index >= 15 is 0 Å². The molecule has 0 radical (unpaired) electrons. The zero-order chi connectivity index (χ0) is 10.1. The quantitative estimate of drug-likeness (QED) is 0.624. The molecular weight excluding hydrogens is 166 g/mol. The molecule has 0 bridgehead atoms. The number of carbonyl (C=O) groups excluding carboxylic acids is 1. The monoisotopic (exact) mass is 181 g/mol. The summed E-state index contributed by atoms with van der Waals surface area (Å²) in [6.07, 6.45) is 4.32. The van der Waals surface area contributed by atoms with E-state index in [1.807, 2.05) is 0 Å². The van der Waals surface area contributed by atoms with E-state index in [1.165, 1.54) is 19.7 Å². The molecule has 1 aromatic rings. The summed E-state index contributed by atoms with van der Waals surface area (Å²) < 4.78 is 4.46. The van der Waals surface area contributed by atoms with Crippen LogP contribution in [-0.4, -0.2) is 18.1 Å². The van der Waals surface area contributed by atoms with Gasteiger partial charge in [0.1, 0.15) is 0 Å². The number of rotatable bonds is 1. The first-order valence-corrected chi connectivity index (χ1v) is 4.24. The molecule has 0 spiro atoms. The van der Waals surface area contributed by atoms with Crippen LogP contribution in [0.4, 0.5) is 0 Å². The Bertz CT molecular complexity index is 234. The van der Waals surface area contributed by atoms with Gasteiger partial charge in [-0.15, -0.1) is 0 Å². The van der Waals surface area contributed by atoms with Crippen LogP contribution in [-0.2, 0) is 4.74 Å². The Kier molecular flexibility index (Phi) is 6.51. The highest BCUT2D eigenvalue weighted by molar-refractivity contribution is 5.88. The van der Waals surface area contributed by atoms with Crippen LogP contribution < -0.4 is 0 Å². The van der Waals surface area contributed by atoms with Crippen molar-refractivity contribution >= 4 is 5.97 Å². The molecule has 1 heterocycles. The van der Waals surface area contributed by atoms with Gasteiger partial charge in [-0.2, -0.15) is 0 Å². The van der Waals surface area contributed by atoms with Crippen molar-refractivity contribution in [3.63, 3.8) is 0 Å². The minimum Gasteiger partial charge on any atom is -0.465 e. The van der Waals surface area contributed by atoms with Crippen molar-refractivity contribution in [1.29, 1.82) is 0 Å². The fraction of sp³-hybridized carbons (Fsp3) is 0.400. The molecule has 0 amide bonds. The topological polar surface area (TPSA) is 39.2 Å². The van der Waals surface area contributed by atoms with E-state index in [0.29, 0.717) is 5.56 Å². The van der Waals surface area contributed by atoms with Gasteiger partial charge in [-0.3, -0.25) is 4.98 Å². The first kappa shape index (κ1) is 11.6. The summed E-state index contributed by atoms with van der Waals surface area (Å²) in [5, 5.41) is 0. The lowest BCUT2D eigenvalue weighted by atomic mass is 10.3. The second-order valence-electron chi connectivity index (χ2n) is 2.44. The number of hydrogen-bond donors (Lipinski definition) is 0. The SMILES string of the molecule is CCC.COC(=O)c1cccnc1. The van der Waals surface area contributed by atoms with Crippen LogP contribution in [0.3, 0.4) is 0 Å². The van der Waals surface area contributed by atoms with Gasteiger partial charge >= 0.3 is 5.97 Å². The zero-order valence-corrected chi connectivity index (χ0v) is 8.28. The molecule has 0 aliphatic heterocycles. The molecular formula is C10H15NO2. The average Bonchev–Trinajstić information content (AvgIpc) is 2.19. The molecule has 3 heteroatoms. The molecule has 0 fully saturated rings. The van der Waals surface area contributed by atoms with E-state index in [-0.39, 0.29) is 5.97 Å². The summed E-state index contributed by atoms with van der Waals surface area (Å²) in [5.74, 6) is -0.354. The predicted molar refractivity (Wildman–Crippen MR) is 51.5 cm³/mol. The second kappa shape index (κ2) is 7.28. The van der Waals surface area contributed by atoms with Gasteiger partial charge in [-0.05, 0) is 12.1 Å². The molecule has 0 aromatic carbocycles. The highest BCUT2D eigenvalue weighted by atomic mass is 16.5. The van der Waals surface area contributed by atoms with E-state index in [1.54, 1.807) is 18.3 Å². The number of hydrogen-bond acceptors (Lipinski definition) is 3. The Morgan fingerprint density at radius 3 is 2.54 bits per heavy atom. The molecule has 0 atom stereocenters. The number of esters is 1. The van der Waals surface area contributed by atoms with E-state index in [0.717, 1.165) is 0 Å². The number of methoxy groups -OCH3 is 1. The van der Waals surface area contributed by atoms with E-state index in [4.69, 9.17) is 0 Å². The fourth-order valence-electron chi connectivity index (χ4n) is 0.601. The molecule has 0 saturated heterocycles. The Morgan fingerprint density at radius 1 is 1.54 bits per heavy atom. The van der Waals surface area contributed by atoms with Crippen molar-refractivity contribution in [2.75, 3.05) is 7.11 Å². The molecule has 0 unspecified atom stereocenters. The molecule has 0 N–H and O–H groups in total. The largest absolute Gasteiger partial charge is 0.465 e. The summed E-state index contributed by atoms with van der Waals surface area (Å²) >= 11 is 0. The third-order valence-corrected chi connectivity index (χ3v) is 1.08. The first-order chi connectivity index (χ1) is 6.26. The minimum atomic E-state index is -0.354. The number of aromatic nitrogens is 1. The maximum absolute atomic E-state index is 10.8. The van der Waals surface area contributed by atoms with Gasteiger partial charge in [0.25, 0.3) is 0 Å². The van der Waals surface area contributed by atoms with Crippen LogP contribution in [0, 0.1) is 0 Å². The van der Waals surface area contributed by atoms with Crippen LogP contribution in [0.25, 0.3) is 0 Å². The van der Waals surface area contributed by atoms with Crippen molar-refractivity contribution in [2.24, 2.45) is 0 Å². The Morgan fingerprint density at radius 2 is 2.15 bits per heavy atom. The maximum Gasteiger partial charge on any atom is 0.339 e. The summed E-state index contributed by atoms with van der Waals surface area (Å²) in [6.45, 7) is 4.25. The standard InChI is InChI=1S/C7H7NO2.C3H8/c1-10-7(9)6-3-2-4-8-5-6;1-3-2/h2-5H,1H3;3H2,1-2H3. The van der Waals surface area contributed by atoms with Gasteiger partial charge in [0.2, 0.25) is 0 Å². The zero-order valence-electron chi connectivity index (χ0n) is 8.28. The molecule has 1 rings (SSSR count). The van der Waals surface area contributed by atoms with Gasteiger partial charge in [0, 0.05) is 12.4 Å². The molecule has 13 heavy (non-hydrogen) atoms. The van der Waals surface area contributed by atoms with Gasteiger partial charge in [-0.1, -0.05) is 20.3 Å². The van der Waals surface area contributed by atoms with Gasteiger partial charge in [0.15, 0.2) is 0 Å². The molecule has 0 aliphatic rings. The van der Waals surface area contributed by atoms with Gasteiger partial charge < -0.3 is 4.74 Å². The highest BCUT2D eigenvalue weighted by Crippen LogP contribution is 1.96. The number of ether oxygens (including phenoxy) is 1. The van der Waals surface area contributed by atoms with Crippen LogP contribution in [0.1, 0.15) is 30.6 Å². The van der Waals surface area contributed by atoms with E-state index in [9.17, 15) is 4.79 Å². The van der Waals surface area contributed by atoms with Crippen LogP contribution in [0.5, 0.6) is 0 Å². The number of carbonyl (C=O) groups is 1. The van der Waals surface area contributed by atoms with Crippen molar-refractivity contribution in [2.45, 2.75) is 20.3 Å². The lowest BCUT2D eigenvalue weighted by molar-refractivity contribution is 0.0600. The Labute approximate surface area is 78.8 Å².